The number of hydrogen-bond donors (Lipinski definition) is 3. The van der Waals surface area contributed by atoms with Gasteiger partial charge in [0.15, 0.2) is 0 Å². The first kappa shape index (κ1) is 56.7. The van der Waals surface area contributed by atoms with Crippen LogP contribution >= 0.6 is 0 Å². The van der Waals surface area contributed by atoms with Crippen LogP contribution in [0, 0.1) is 0 Å². The highest BCUT2D eigenvalue weighted by Gasteiger charge is 1.98. The van der Waals surface area contributed by atoms with Crippen LogP contribution in [0.1, 0.15) is 290 Å². The SMILES string of the molecule is CCCCCCCCCCCCCCCC(N)=O.CCCCCCCCCCCCCCCC(N)=O.CCCCCCCCCCCCCCCC(N)=O. The van der Waals surface area contributed by atoms with Crippen LogP contribution in [-0.2, 0) is 14.4 Å². The molecule has 0 aliphatic carbocycles. The first-order valence-electron chi connectivity index (χ1n) is 24.2. The largest absolute Gasteiger partial charge is 0.370 e. The summed E-state index contributed by atoms with van der Waals surface area (Å²) in [7, 11) is 0. The minimum Gasteiger partial charge on any atom is -0.370 e. The van der Waals surface area contributed by atoms with Gasteiger partial charge in [-0.15, -0.1) is 0 Å². The van der Waals surface area contributed by atoms with Crippen molar-refractivity contribution in [3.05, 3.63) is 0 Å². The topological polar surface area (TPSA) is 129 Å². The Kier molecular flexibility index (Phi) is 56.2. The molecule has 0 saturated heterocycles. The Morgan fingerprint density at radius 1 is 0.222 bits per heavy atom. The summed E-state index contributed by atoms with van der Waals surface area (Å²) in [6.07, 6.45) is 53.8. The highest BCUT2D eigenvalue weighted by Crippen LogP contribution is 2.15. The molecule has 0 aromatic rings. The lowest BCUT2D eigenvalue weighted by molar-refractivity contribution is -0.119. The molecule has 0 aromatic carbocycles. The molecule has 6 N–H and O–H groups in total. The number of unbranched alkanes of at least 4 members (excludes halogenated alkanes) is 36. The van der Waals surface area contributed by atoms with Gasteiger partial charge in [-0.2, -0.15) is 0 Å². The van der Waals surface area contributed by atoms with Crippen LogP contribution in [0.2, 0.25) is 0 Å². The maximum Gasteiger partial charge on any atom is 0.217 e. The molecular weight excluding hydrogens is 667 g/mol. The molecule has 0 aliphatic rings. The Morgan fingerprint density at radius 2 is 0.333 bits per heavy atom. The molecule has 0 rings (SSSR count). The molecule has 324 valence electrons. The quantitative estimate of drug-likeness (QED) is 0.0535. The van der Waals surface area contributed by atoms with Gasteiger partial charge in [0.25, 0.3) is 0 Å². The summed E-state index contributed by atoms with van der Waals surface area (Å²) < 4.78 is 0. The summed E-state index contributed by atoms with van der Waals surface area (Å²) in [5, 5.41) is 0. The van der Waals surface area contributed by atoms with E-state index in [-0.39, 0.29) is 17.7 Å². The van der Waals surface area contributed by atoms with E-state index in [9.17, 15) is 14.4 Å². The van der Waals surface area contributed by atoms with Crippen LogP contribution in [0.15, 0.2) is 0 Å². The fraction of sp³-hybridized carbons (Fsp3) is 0.938. The van der Waals surface area contributed by atoms with Crippen molar-refractivity contribution >= 4 is 17.7 Å². The lowest BCUT2D eigenvalue weighted by atomic mass is 10.0. The summed E-state index contributed by atoms with van der Waals surface area (Å²) in [6, 6.07) is 0. The van der Waals surface area contributed by atoms with Crippen molar-refractivity contribution in [2.75, 3.05) is 0 Å². The van der Waals surface area contributed by atoms with Gasteiger partial charge in [-0.25, -0.2) is 0 Å². The van der Waals surface area contributed by atoms with E-state index >= 15 is 0 Å². The molecule has 0 aliphatic heterocycles. The number of amides is 3. The van der Waals surface area contributed by atoms with Crippen molar-refractivity contribution in [2.24, 2.45) is 17.2 Å². The van der Waals surface area contributed by atoms with E-state index in [0.717, 1.165) is 19.3 Å². The molecule has 6 heteroatoms. The van der Waals surface area contributed by atoms with E-state index in [1.165, 1.54) is 231 Å². The molecule has 0 spiro atoms. The van der Waals surface area contributed by atoms with E-state index in [4.69, 9.17) is 17.2 Å². The third-order valence-corrected chi connectivity index (χ3v) is 10.6. The zero-order valence-electron chi connectivity index (χ0n) is 37.2. The van der Waals surface area contributed by atoms with Crippen molar-refractivity contribution < 1.29 is 14.4 Å². The molecule has 6 nitrogen and oxygen atoms in total. The minimum absolute atomic E-state index is 0.155. The van der Waals surface area contributed by atoms with E-state index in [0.29, 0.717) is 19.3 Å². The second-order valence-electron chi connectivity index (χ2n) is 16.4. The molecular formula is C48H99N3O3. The van der Waals surface area contributed by atoms with Gasteiger partial charge in [0.05, 0.1) is 0 Å². The average Bonchev–Trinajstić information content (AvgIpc) is 3.14. The molecule has 0 aromatic heterocycles. The lowest BCUT2D eigenvalue weighted by Crippen LogP contribution is -2.09. The molecule has 3 amide bonds. The number of hydrogen-bond acceptors (Lipinski definition) is 3. The fourth-order valence-corrected chi connectivity index (χ4v) is 6.95. The standard InChI is InChI=1S/3C16H33NO/c3*1-2-3-4-5-6-7-8-9-10-11-12-13-14-15-16(17)18/h3*2-15H2,1H3,(H2,17,18). The Morgan fingerprint density at radius 3 is 0.444 bits per heavy atom. The number of nitrogens with two attached hydrogens (primary N) is 3. The smallest absolute Gasteiger partial charge is 0.217 e. The first-order valence-corrected chi connectivity index (χ1v) is 24.2. The maximum absolute atomic E-state index is 10.5. The summed E-state index contributed by atoms with van der Waals surface area (Å²) >= 11 is 0. The third-order valence-electron chi connectivity index (χ3n) is 10.6. The van der Waals surface area contributed by atoms with Gasteiger partial charge >= 0.3 is 0 Å². The zero-order chi connectivity index (χ0) is 40.4. The van der Waals surface area contributed by atoms with Crippen molar-refractivity contribution in [1.29, 1.82) is 0 Å². The van der Waals surface area contributed by atoms with Crippen LogP contribution in [0.3, 0.4) is 0 Å². The number of rotatable bonds is 42. The predicted molar refractivity (Wildman–Crippen MR) is 239 cm³/mol. The molecule has 54 heavy (non-hydrogen) atoms. The molecule has 0 atom stereocenters. The van der Waals surface area contributed by atoms with E-state index in [1.807, 2.05) is 0 Å². The van der Waals surface area contributed by atoms with Crippen LogP contribution < -0.4 is 17.2 Å². The van der Waals surface area contributed by atoms with Gasteiger partial charge in [-0.05, 0) is 19.3 Å². The van der Waals surface area contributed by atoms with Crippen LogP contribution in [-0.4, -0.2) is 17.7 Å². The number of carbonyl (C=O) groups is 3. The monoisotopic (exact) mass is 766 g/mol. The second-order valence-corrected chi connectivity index (χ2v) is 16.4. The molecule has 0 heterocycles. The van der Waals surface area contributed by atoms with Gasteiger partial charge < -0.3 is 17.2 Å². The maximum atomic E-state index is 10.5. The van der Waals surface area contributed by atoms with Crippen molar-refractivity contribution in [3.63, 3.8) is 0 Å². The second kappa shape index (κ2) is 53.5. The normalized spacial score (nSPS) is 10.7. The van der Waals surface area contributed by atoms with E-state index in [1.54, 1.807) is 0 Å². The first-order chi connectivity index (χ1) is 26.3. The summed E-state index contributed by atoms with van der Waals surface area (Å²) in [6.45, 7) is 6.80. The Hall–Kier alpha value is -1.59. The van der Waals surface area contributed by atoms with Gasteiger partial charge in [-0.1, -0.05) is 252 Å². The van der Waals surface area contributed by atoms with Gasteiger partial charge in [-0.3, -0.25) is 14.4 Å². The highest BCUT2D eigenvalue weighted by atomic mass is 16.1. The lowest BCUT2D eigenvalue weighted by Gasteiger charge is -2.02. The number of primary amides is 3. The minimum atomic E-state index is -0.155. The van der Waals surface area contributed by atoms with Crippen LogP contribution in [0.25, 0.3) is 0 Å². The zero-order valence-corrected chi connectivity index (χ0v) is 37.2. The molecule has 0 fully saturated rings. The van der Waals surface area contributed by atoms with E-state index < -0.39 is 0 Å². The molecule has 0 radical (unpaired) electrons. The molecule has 0 saturated carbocycles. The average molecular weight is 766 g/mol. The molecule has 0 bridgehead atoms. The van der Waals surface area contributed by atoms with Gasteiger partial charge in [0, 0.05) is 19.3 Å². The van der Waals surface area contributed by atoms with Crippen molar-refractivity contribution in [1.82, 2.24) is 0 Å². The van der Waals surface area contributed by atoms with E-state index in [2.05, 4.69) is 20.8 Å². The highest BCUT2D eigenvalue weighted by molar-refractivity contribution is 5.74. The number of carbonyl (C=O) groups excluding carboxylic acids is 3. The van der Waals surface area contributed by atoms with Gasteiger partial charge in [0.2, 0.25) is 17.7 Å². The van der Waals surface area contributed by atoms with Crippen LogP contribution in [0.4, 0.5) is 0 Å². The summed E-state index contributed by atoms with van der Waals surface area (Å²) in [5.74, 6) is -0.464. The van der Waals surface area contributed by atoms with Crippen LogP contribution in [0.5, 0.6) is 0 Å². The molecule has 0 unspecified atom stereocenters. The summed E-state index contributed by atoms with van der Waals surface area (Å²) in [4.78, 5) is 31.6. The van der Waals surface area contributed by atoms with Crippen molar-refractivity contribution in [3.8, 4) is 0 Å². The Bertz CT molecular complexity index is 635. The Labute approximate surface area is 338 Å². The fourth-order valence-electron chi connectivity index (χ4n) is 6.95. The third kappa shape index (κ3) is 65.3. The van der Waals surface area contributed by atoms with Crippen molar-refractivity contribution in [2.45, 2.75) is 290 Å². The predicted octanol–water partition coefficient (Wildman–Crippen LogP) is 14.9. The summed E-state index contributed by atoms with van der Waals surface area (Å²) in [5.41, 5.74) is 15.3. The van der Waals surface area contributed by atoms with Gasteiger partial charge in [0.1, 0.15) is 0 Å². The Balaban J connectivity index is -0.000000722.